The van der Waals surface area contributed by atoms with Crippen LogP contribution in [0.1, 0.15) is 12.5 Å². The average Bonchev–Trinajstić information content (AvgIpc) is 2.21. The van der Waals surface area contributed by atoms with E-state index in [1.807, 2.05) is 0 Å². The zero-order valence-electron chi connectivity index (χ0n) is 9.52. The fourth-order valence-corrected chi connectivity index (χ4v) is 1.85. The van der Waals surface area contributed by atoms with Gasteiger partial charge in [-0.3, -0.25) is 9.59 Å². The van der Waals surface area contributed by atoms with Crippen LogP contribution in [0.3, 0.4) is 0 Å². The molecule has 1 aromatic carbocycles. The Labute approximate surface area is 116 Å². The summed E-state index contributed by atoms with van der Waals surface area (Å²) in [5.41, 5.74) is -0.828. The first-order chi connectivity index (χ1) is 8.61. The summed E-state index contributed by atoms with van der Waals surface area (Å²) in [7, 11) is 0. The van der Waals surface area contributed by atoms with Crippen molar-refractivity contribution in [2.24, 2.45) is 0 Å². The zero-order chi connectivity index (χ0) is 14.8. The first-order valence-corrected chi connectivity index (χ1v) is 5.67. The van der Waals surface area contributed by atoms with Crippen molar-refractivity contribution < 1.29 is 22.8 Å². The minimum Gasteiger partial charge on any atom is -0.294 e. The van der Waals surface area contributed by atoms with Gasteiger partial charge in [-0.2, -0.15) is 13.2 Å². The minimum absolute atomic E-state index is 0.139. The molecule has 0 unspecified atom stereocenters. The Morgan fingerprint density at radius 1 is 1.11 bits per heavy atom. The topological polar surface area (TPSA) is 34.1 Å². The molecule has 0 saturated heterocycles. The fourth-order valence-electron chi connectivity index (χ4n) is 1.30. The van der Waals surface area contributed by atoms with Crippen molar-refractivity contribution in [1.82, 2.24) is 0 Å². The molecule has 0 N–H and O–H groups in total. The Balaban J connectivity index is 3.30. The summed E-state index contributed by atoms with van der Waals surface area (Å²) in [6, 6.07) is 3.96. The third-order valence-corrected chi connectivity index (χ3v) is 2.51. The summed E-state index contributed by atoms with van der Waals surface area (Å²) in [5.74, 6) is -3.19. The maximum absolute atomic E-state index is 12.3. The highest BCUT2D eigenvalue weighted by Crippen LogP contribution is 2.25. The van der Waals surface area contributed by atoms with Gasteiger partial charge >= 0.3 is 6.18 Å². The van der Waals surface area contributed by atoms with Gasteiger partial charge in [0.1, 0.15) is 0 Å². The van der Waals surface area contributed by atoms with Gasteiger partial charge in [0.2, 0.25) is 0 Å². The molecule has 19 heavy (non-hydrogen) atoms. The van der Waals surface area contributed by atoms with Crippen molar-refractivity contribution in [3.8, 4) is 0 Å². The van der Waals surface area contributed by atoms with Crippen LogP contribution in [0.25, 0.3) is 6.08 Å². The largest absolute Gasteiger partial charge is 0.455 e. The zero-order valence-corrected chi connectivity index (χ0v) is 11.0. The number of ketones is 2. The number of carbonyl (C=O) groups excluding carboxylic acids is 2. The van der Waals surface area contributed by atoms with Crippen molar-refractivity contribution in [2.75, 3.05) is 0 Å². The normalized spacial score (nSPS) is 12.4. The molecule has 0 aliphatic heterocycles. The number of benzene rings is 1. The summed E-state index contributed by atoms with van der Waals surface area (Å²) in [6.07, 6.45) is -4.30. The van der Waals surface area contributed by atoms with Crippen LogP contribution in [0.5, 0.6) is 0 Å². The molecule has 0 amide bonds. The lowest BCUT2D eigenvalue weighted by atomic mass is 10.0. The lowest BCUT2D eigenvalue weighted by Gasteiger charge is -2.07. The van der Waals surface area contributed by atoms with Gasteiger partial charge in [0.25, 0.3) is 5.78 Å². The van der Waals surface area contributed by atoms with Crippen molar-refractivity contribution >= 4 is 40.8 Å². The van der Waals surface area contributed by atoms with Crippen LogP contribution < -0.4 is 0 Å². The van der Waals surface area contributed by atoms with E-state index in [1.165, 1.54) is 18.2 Å². The Hall–Kier alpha value is -1.33. The maximum Gasteiger partial charge on any atom is 0.455 e. The van der Waals surface area contributed by atoms with Gasteiger partial charge in [-0.05, 0) is 36.8 Å². The lowest BCUT2D eigenvalue weighted by Crippen LogP contribution is -2.27. The average molecular weight is 311 g/mol. The third-order valence-electron chi connectivity index (χ3n) is 2.08. The molecule has 0 saturated carbocycles. The van der Waals surface area contributed by atoms with Crippen LogP contribution in [0.2, 0.25) is 10.0 Å². The second-order valence-electron chi connectivity index (χ2n) is 3.64. The number of rotatable bonds is 3. The van der Waals surface area contributed by atoms with Gasteiger partial charge in [-0.15, -0.1) is 0 Å². The molecule has 102 valence electrons. The van der Waals surface area contributed by atoms with Crippen LogP contribution in [-0.2, 0) is 9.59 Å². The molecule has 0 bridgehead atoms. The molecule has 0 aromatic heterocycles. The number of carbonyl (C=O) groups is 2. The predicted molar refractivity (Wildman–Crippen MR) is 66.2 cm³/mol. The Bertz CT molecular complexity index is 542. The van der Waals surface area contributed by atoms with Gasteiger partial charge in [-0.25, -0.2) is 0 Å². The van der Waals surface area contributed by atoms with E-state index < -0.39 is 23.3 Å². The van der Waals surface area contributed by atoms with Gasteiger partial charge < -0.3 is 0 Å². The molecule has 0 spiro atoms. The maximum atomic E-state index is 12.3. The van der Waals surface area contributed by atoms with Gasteiger partial charge in [0.05, 0.1) is 5.57 Å². The molecule has 2 nitrogen and oxygen atoms in total. The van der Waals surface area contributed by atoms with E-state index in [0.717, 1.165) is 13.0 Å². The number of Topliss-reactive ketones (excluding diaryl/α,β-unsaturated/α-hetero) is 2. The summed E-state index contributed by atoms with van der Waals surface area (Å²) in [4.78, 5) is 22.3. The summed E-state index contributed by atoms with van der Waals surface area (Å²) < 4.78 is 37.0. The summed E-state index contributed by atoms with van der Waals surface area (Å²) in [5, 5.41) is 0.363. The number of hydrogen-bond donors (Lipinski definition) is 0. The van der Waals surface area contributed by atoms with Crippen LogP contribution in [-0.4, -0.2) is 17.7 Å². The van der Waals surface area contributed by atoms with Crippen molar-refractivity contribution in [1.29, 1.82) is 0 Å². The Morgan fingerprint density at radius 2 is 1.58 bits per heavy atom. The van der Waals surface area contributed by atoms with Crippen molar-refractivity contribution in [3.05, 3.63) is 39.4 Å². The van der Waals surface area contributed by atoms with Crippen molar-refractivity contribution in [3.63, 3.8) is 0 Å². The number of allylic oxidation sites excluding steroid dienone is 1. The number of halogens is 5. The molecule has 1 rings (SSSR count). The van der Waals surface area contributed by atoms with E-state index in [-0.39, 0.29) is 15.6 Å². The molecule has 0 heterocycles. The molecule has 1 aromatic rings. The number of hydrogen-bond acceptors (Lipinski definition) is 2. The van der Waals surface area contributed by atoms with E-state index >= 15 is 0 Å². The highest BCUT2D eigenvalue weighted by Gasteiger charge is 2.41. The second kappa shape index (κ2) is 5.75. The van der Waals surface area contributed by atoms with Gasteiger partial charge in [0, 0.05) is 10.0 Å². The van der Waals surface area contributed by atoms with Crippen molar-refractivity contribution in [2.45, 2.75) is 13.1 Å². The highest BCUT2D eigenvalue weighted by molar-refractivity contribution is 6.35. The molecule has 0 fully saturated rings. The van der Waals surface area contributed by atoms with E-state index in [0.29, 0.717) is 0 Å². The second-order valence-corrected chi connectivity index (χ2v) is 4.52. The monoisotopic (exact) mass is 310 g/mol. The lowest BCUT2D eigenvalue weighted by molar-refractivity contribution is -0.166. The first-order valence-electron chi connectivity index (χ1n) is 4.91. The highest BCUT2D eigenvalue weighted by atomic mass is 35.5. The fraction of sp³-hybridized carbons (Fsp3) is 0.167. The summed E-state index contributed by atoms with van der Waals surface area (Å²) in [6.45, 7) is 0.877. The Kier molecular flexibility index (Phi) is 4.76. The van der Waals surface area contributed by atoms with E-state index in [1.54, 1.807) is 0 Å². The summed E-state index contributed by atoms with van der Waals surface area (Å²) >= 11 is 11.4. The molecule has 0 aliphatic carbocycles. The van der Waals surface area contributed by atoms with Gasteiger partial charge in [0.15, 0.2) is 5.78 Å². The van der Waals surface area contributed by atoms with E-state index in [2.05, 4.69) is 0 Å². The molecule has 0 radical (unpaired) electrons. The van der Waals surface area contributed by atoms with E-state index in [4.69, 9.17) is 23.2 Å². The van der Waals surface area contributed by atoms with Gasteiger partial charge in [-0.1, -0.05) is 23.2 Å². The molecule has 7 heteroatoms. The molecule has 0 aliphatic rings. The Morgan fingerprint density at radius 3 is 1.95 bits per heavy atom. The predicted octanol–water partition coefficient (Wildman–Crippen LogP) is 4.10. The van der Waals surface area contributed by atoms with Crippen LogP contribution in [0.15, 0.2) is 23.8 Å². The standard InChI is InChI=1S/C12H7Cl2F3O2/c1-6(18)10(11(19)12(15,16)17)4-7-2-8(13)5-9(14)3-7/h2-5H,1H3. The molecular formula is C12H7Cl2F3O2. The van der Waals surface area contributed by atoms with Crippen LogP contribution in [0, 0.1) is 0 Å². The molecule has 0 atom stereocenters. The third kappa shape index (κ3) is 4.36. The quantitative estimate of drug-likeness (QED) is 0.478. The minimum atomic E-state index is -5.11. The smallest absolute Gasteiger partial charge is 0.294 e. The number of alkyl halides is 3. The molecular weight excluding hydrogens is 304 g/mol. The first kappa shape index (κ1) is 15.7. The van der Waals surface area contributed by atoms with Crippen LogP contribution in [0.4, 0.5) is 13.2 Å². The van der Waals surface area contributed by atoms with E-state index in [9.17, 15) is 22.8 Å². The van der Waals surface area contributed by atoms with Crippen LogP contribution >= 0.6 is 23.2 Å². The SMILES string of the molecule is CC(=O)C(=Cc1cc(Cl)cc(Cl)c1)C(=O)C(F)(F)F.